The zero-order valence-corrected chi connectivity index (χ0v) is 9.98. The van der Waals surface area contributed by atoms with Crippen molar-refractivity contribution < 1.29 is 9.21 Å². The highest BCUT2D eigenvalue weighted by Gasteiger charge is 2.09. The number of amides is 1. The smallest absolute Gasteiger partial charge is 0.301 e. The summed E-state index contributed by atoms with van der Waals surface area (Å²) in [6, 6.07) is 3.41. The minimum absolute atomic E-state index is 0.190. The van der Waals surface area contributed by atoms with Gasteiger partial charge in [-0.3, -0.25) is 10.1 Å². The van der Waals surface area contributed by atoms with Crippen molar-refractivity contribution in [2.75, 3.05) is 5.32 Å². The molecule has 2 aromatic rings. The number of oxazole rings is 1. The van der Waals surface area contributed by atoms with E-state index in [1.54, 1.807) is 25.3 Å². The second-order valence-electron chi connectivity index (χ2n) is 3.12. The van der Waals surface area contributed by atoms with Gasteiger partial charge in [0.2, 0.25) is 0 Å². The number of aryl methyl sites for hydroxylation is 1. The van der Waals surface area contributed by atoms with Crippen LogP contribution in [0.2, 0.25) is 0 Å². The number of nitrogens with one attached hydrogen (secondary N) is 1. The van der Waals surface area contributed by atoms with Crippen LogP contribution in [0.3, 0.4) is 0 Å². The number of anilines is 1. The lowest BCUT2D eigenvalue weighted by molar-refractivity contribution is 0.102. The molecule has 2 heterocycles. The summed E-state index contributed by atoms with van der Waals surface area (Å²) in [6.07, 6.45) is 3.01. The Morgan fingerprint density at radius 2 is 2.38 bits per heavy atom. The summed E-state index contributed by atoms with van der Waals surface area (Å²) in [7, 11) is 0. The summed E-state index contributed by atoms with van der Waals surface area (Å²) in [4.78, 5) is 19.6. The summed E-state index contributed by atoms with van der Waals surface area (Å²) in [5.41, 5.74) is 1.20. The molecule has 0 aliphatic heterocycles. The van der Waals surface area contributed by atoms with Gasteiger partial charge in [-0.25, -0.2) is 4.98 Å². The van der Waals surface area contributed by atoms with Crippen molar-refractivity contribution in [3.8, 4) is 0 Å². The first-order valence-electron chi connectivity index (χ1n) is 4.50. The number of halogens is 1. The van der Waals surface area contributed by atoms with Crippen molar-refractivity contribution >= 4 is 27.9 Å². The molecule has 0 atom stereocenters. The van der Waals surface area contributed by atoms with Crippen LogP contribution in [0.5, 0.6) is 0 Å². The summed E-state index contributed by atoms with van der Waals surface area (Å²) in [5, 5.41) is 2.54. The van der Waals surface area contributed by atoms with Gasteiger partial charge in [0.1, 0.15) is 10.9 Å². The normalized spacial score (nSPS) is 10.1. The molecule has 0 saturated heterocycles. The molecule has 1 amide bonds. The van der Waals surface area contributed by atoms with Gasteiger partial charge < -0.3 is 4.42 Å². The first-order valence-corrected chi connectivity index (χ1v) is 5.29. The molecule has 16 heavy (non-hydrogen) atoms. The molecule has 0 spiro atoms. The standard InChI is InChI=1S/C10H8BrN3O2/c1-6-5-16-10(13-6)14-9(15)7-2-3-12-8(11)4-7/h2-5H,1H3,(H,13,14,15). The summed E-state index contributed by atoms with van der Waals surface area (Å²) >= 11 is 3.19. The number of carbonyl (C=O) groups is 1. The molecule has 82 valence electrons. The van der Waals surface area contributed by atoms with Crippen LogP contribution in [0, 0.1) is 6.92 Å². The highest BCUT2D eigenvalue weighted by atomic mass is 79.9. The van der Waals surface area contributed by atoms with Crippen molar-refractivity contribution in [2.45, 2.75) is 6.92 Å². The lowest BCUT2D eigenvalue weighted by atomic mass is 10.2. The fraction of sp³-hybridized carbons (Fsp3) is 0.100. The minimum atomic E-state index is -0.287. The molecule has 5 nitrogen and oxygen atoms in total. The van der Waals surface area contributed by atoms with Crippen LogP contribution in [0.25, 0.3) is 0 Å². The Hall–Kier alpha value is -1.69. The zero-order chi connectivity index (χ0) is 11.5. The SMILES string of the molecule is Cc1coc(NC(=O)c2ccnc(Br)c2)n1. The van der Waals surface area contributed by atoms with E-state index >= 15 is 0 Å². The molecular weight excluding hydrogens is 274 g/mol. The molecule has 0 radical (unpaired) electrons. The van der Waals surface area contributed by atoms with Crippen molar-refractivity contribution in [3.05, 3.63) is 40.5 Å². The van der Waals surface area contributed by atoms with E-state index in [4.69, 9.17) is 4.42 Å². The Morgan fingerprint density at radius 1 is 1.56 bits per heavy atom. The van der Waals surface area contributed by atoms with Crippen LogP contribution >= 0.6 is 15.9 Å². The Balaban J connectivity index is 2.14. The Bertz CT molecular complexity index is 524. The van der Waals surface area contributed by atoms with Gasteiger partial charge in [0.15, 0.2) is 0 Å². The van der Waals surface area contributed by atoms with Gasteiger partial charge in [0.25, 0.3) is 5.91 Å². The van der Waals surface area contributed by atoms with E-state index in [9.17, 15) is 4.79 Å². The van der Waals surface area contributed by atoms with Gasteiger partial charge in [-0.15, -0.1) is 0 Å². The molecule has 0 unspecified atom stereocenters. The van der Waals surface area contributed by atoms with Crippen molar-refractivity contribution in [2.24, 2.45) is 0 Å². The van der Waals surface area contributed by atoms with E-state index in [2.05, 4.69) is 31.2 Å². The molecule has 0 bridgehead atoms. The Morgan fingerprint density at radius 3 is 3.00 bits per heavy atom. The van der Waals surface area contributed by atoms with E-state index in [-0.39, 0.29) is 11.9 Å². The lowest BCUT2D eigenvalue weighted by Gasteiger charge is -2.00. The summed E-state index contributed by atoms with van der Waals surface area (Å²) in [6.45, 7) is 1.78. The maximum atomic E-state index is 11.7. The molecule has 0 saturated carbocycles. The molecule has 2 rings (SSSR count). The van der Waals surface area contributed by atoms with Crippen LogP contribution in [-0.4, -0.2) is 15.9 Å². The molecular formula is C10H8BrN3O2. The molecule has 1 N–H and O–H groups in total. The van der Waals surface area contributed by atoms with Crippen molar-refractivity contribution in [3.63, 3.8) is 0 Å². The Labute approximate surface area is 100 Å². The van der Waals surface area contributed by atoms with Gasteiger partial charge in [-0.2, -0.15) is 4.98 Å². The lowest BCUT2D eigenvalue weighted by Crippen LogP contribution is -2.12. The van der Waals surface area contributed by atoms with Crippen molar-refractivity contribution in [1.82, 2.24) is 9.97 Å². The van der Waals surface area contributed by atoms with Crippen LogP contribution in [0.15, 0.2) is 33.6 Å². The highest BCUT2D eigenvalue weighted by Crippen LogP contribution is 2.11. The van der Waals surface area contributed by atoms with Gasteiger partial charge in [0, 0.05) is 11.8 Å². The van der Waals surface area contributed by atoms with E-state index in [1.165, 1.54) is 6.26 Å². The quantitative estimate of drug-likeness (QED) is 0.859. The van der Waals surface area contributed by atoms with E-state index < -0.39 is 0 Å². The van der Waals surface area contributed by atoms with Gasteiger partial charge in [-0.05, 0) is 35.0 Å². The summed E-state index contributed by atoms with van der Waals surface area (Å²) < 4.78 is 5.62. The maximum Gasteiger partial charge on any atom is 0.301 e. The summed E-state index contributed by atoms with van der Waals surface area (Å²) in [5.74, 6) is -0.287. The average molecular weight is 282 g/mol. The minimum Gasteiger partial charge on any atom is -0.432 e. The molecule has 0 aliphatic rings. The first-order chi connectivity index (χ1) is 7.65. The monoisotopic (exact) mass is 281 g/mol. The van der Waals surface area contributed by atoms with Crippen LogP contribution < -0.4 is 5.32 Å². The molecule has 0 fully saturated rings. The predicted molar refractivity (Wildman–Crippen MR) is 61.1 cm³/mol. The largest absolute Gasteiger partial charge is 0.432 e. The van der Waals surface area contributed by atoms with E-state index in [0.717, 1.165) is 0 Å². The average Bonchev–Trinajstić information content (AvgIpc) is 2.64. The van der Waals surface area contributed by atoms with Gasteiger partial charge in [0.05, 0.1) is 5.69 Å². The fourth-order valence-corrected chi connectivity index (χ4v) is 1.49. The van der Waals surface area contributed by atoms with Gasteiger partial charge in [-0.1, -0.05) is 0 Å². The maximum absolute atomic E-state index is 11.7. The number of rotatable bonds is 2. The van der Waals surface area contributed by atoms with E-state index in [0.29, 0.717) is 15.9 Å². The number of carbonyl (C=O) groups excluding carboxylic acids is 1. The third kappa shape index (κ3) is 2.46. The molecule has 2 aromatic heterocycles. The number of hydrogen-bond acceptors (Lipinski definition) is 4. The molecule has 0 aromatic carbocycles. The van der Waals surface area contributed by atoms with Gasteiger partial charge >= 0.3 is 6.01 Å². The van der Waals surface area contributed by atoms with E-state index in [1.807, 2.05) is 0 Å². The van der Waals surface area contributed by atoms with Crippen molar-refractivity contribution in [1.29, 1.82) is 0 Å². The highest BCUT2D eigenvalue weighted by molar-refractivity contribution is 9.10. The predicted octanol–water partition coefficient (Wildman–Crippen LogP) is 2.39. The number of aromatic nitrogens is 2. The van der Waals surface area contributed by atoms with Crippen LogP contribution in [0.1, 0.15) is 16.1 Å². The third-order valence-corrected chi connectivity index (χ3v) is 2.26. The first kappa shape index (κ1) is 10.8. The second-order valence-corrected chi connectivity index (χ2v) is 3.93. The fourth-order valence-electron chi connectivity index (χ4n) is 1.12. The van der Waals surface area contributed by atoms with Crippen LogP contribution in [-0.2, 0) is 0 Å². The zero-order valence-electron chi connectivity index (χ0n) is 8.40. The third-order valence-electron chi connectivity index (χ3n) is 1.83. The number of hydrogen-bond donors (Lipinski definition) is 1. The number of pyridine rings is 1. The molecule has 0 aliphatic carbocycles. The molecule has 6 heteroatoms. The second kappa shape index (κ2) is 4.44. The Kier molecular flexibility index (Phi) is 3.00. The number of nitrogens with zero attached hydrogens (tertiary/aromatic N) is 2. The van der Waals surface area contributed by atoms with Crippen LogP contribution in [0.4, 0.5) is 6.01 Å². The topological polar surface area (TPSA) is 68.0 Å².